The van der Waals surface area contributed by atoms with Crippen molar-refractivity contribution in [3.63, 3.8) is 0 Å². The molecular weight excluding hydrogens is 321 g/mol. The molecule has 0 bridgehead atoms. The van der Waals surface area contributed by atoms with Gasteiger partial charge in [0.2, 0.25) is 0 Å². The number of carbonyl (C=O) groups is 2. The summed E-state index contributed by atoms with van der Waals surface area (Å²) >= 11 is 11.6. The Bertz CT molecular complexity index is 551. The van der Waals surface area contributed by atoms with Crippen LogP contribution in [-0.2, 0) is 14.3 Å². The van der Waals surface area contributed by atoms with Gasteiger partial charge >= 0.3 is 5.97 Å². The quantitative estimate of drug-likeness (QED) is 0.907. The number of rotatable bonds is 4. The zero-order valence-corrected chi connectivity index (χ0v) is 12.4. The van der Waals surface area contributed by atoms with E-state index in [2.05, 4.69) is 0 Å². The van der Waals surface area contributed by atoms with E-state index < -0.39 is 12.1 Å². The zero-order chi connectivity index (χ0) is 15.4. The predicted molar refractivity (Wildman–Crippen MR) is 75.9 cm³/mol. The second-order valence-corrected chi connectivity index (χ2v) is 5.22. The molecule has 0 aliphatic carbocycles. The SMILES string of the molecule is O=C(O)C1CN(C(=O)COc2ccc(Cl)c(Cl)c2)CCO1. The Morgan fingerprint density at radius 1 is 1.38 bits per heavy atom. The lowest BCUT2D eigenvalue weighted by Gasteiger charge is -2.30. The van der Waals surface area contributed by atoms with E-state index in [4.69, 9.17) is 37.8 Å². The second kappa shape index (κ2) is 6.98. The molecular formula is C13H13Cl2NO5. The van der Waals surface area contributed by atoms with E-state index in [0.717, 1.165) is 0 Å². The summed E-state index contributed by atoms with van der Waals surface area (Å²) in [4.78, 5) is 24.2. The number of carboxylic acid groups (broad SMARTS) is 1. The van der Waals surface area contributed by atoms with Crippen LogP contribution in [0.25, 0.3) is 0 Å². The van der Waals surface area contributed by atoms with Crippen LogP contribution in [0.15, 0.2) is 18.2 Å². The fourth-order valence-corrected chi connectivity index (χ4v) is 2.12. The maximum atomic E-state index is 12.0. The number of morpholine rings is 1. The van der Waals surface area contributed by atoms with Crippen molar-refractivity contribution in [1.29, 1.82) is 0 Å². The molecule has 21 heavy (non-hydrogen) atoms. The van der Waals surface area contributed by atoms with Crippen molar-refractivity contribution in [1.82, 2.24) is 4.90 Å². The molecule has 0 saturated carbocycles. The normalized spacial score (nSPS) is 18.4. The molecule has 0 radical (unpaired) electrons. The van der Waals surface area contributed by atoms with Gasteiger partial charge in [-0.2, -0.15) is 0 Å². The molecule has 1 aliphatic rings. The minimum absolute atomic E-state index is 0.0128. The van der Waals surface area contributed by atoms with Gasteiger partial charge in [0, 0.05) is 12.6 Å². The fraction of sp³-hybridized carbons (Fsp3) is 0.385. The lowest BCUT2D eigenvalue weighted by atomic mass is 10.2. The molecule has 1 aromatic rings. The average Bonchev–Trinajstić information content (AvgIpc) is 2.48. The van der Waals surface area contributed by atoms with Gasteiger partial charge in [0.1, 0.15) is 5.75 Å². The van der Waals surface area contributed by atoms with Crippen LogP contribution in [0.2, 0.25) is 10.0 Å². The molecule has 2 rings (SSSR count). The van der Waals surface area contributed by atoms with Crippen molar-refractivity contribution in [3.8, 4) is 5.75 Å². The summed E-state index contributed by atoms with van der Waals surface area (Å²) in [5, 5.41) is 9.61. The molecule has 1 aromatic carbocycles. The van der Waals surface area contributed by atoms with E-state index in [1.165, 1.54) is 11.0 Å². The first-order valence-electron chi connectivity index (χ1n) is 6.17. The van der Waals surface area contributed by atoms with E-state index in [1.54, 1.807) is 12.1 Å². The number of benzene rings is 1. The highest BCUT2D eigenvalue weighted by atomic mass is 35.5. The van der Waals surface area contributed by atoms with E-state index >= 15 is 0 Å². The van der Waals surface area contributed by atoms with E-state index in [9.17, 15) is 9.59 Å². The summed E-state index contributed by atoms with van der Waals surface area (Å²) in [6.07, 6.45) is -0.993. The first-order chi connectivity index (χ1) is 9.97. The van der Waals surface area contributed by atoms with Crippen LogP contribution in [-0.4, -0.2) is 54.3 Å². The van der Waals surface area contributed by atoms with Crippen LogP contribution in [0.5, 0.6) is 5.75 Å². The first-order valence-corrected chi connectivity index (χ1v) is 6.93. The van der Waals surface area contributed by atoms with Gasteiger partial charge in [0.25, 0.3) is 5.91 Å². The number of amides is 1. The van der Waals surface area contributed by atoms with Crippen molar-refractivity contribution in [2.24, 2.45) is 0 Å². The predicted octanol–water partition coefficient (Wildman–Crippen LogP) is 1.68. The van der Waals surface area contributed by atoms with Crippen LogP contribution >= 0.6 is 23.2 Å². The van der Waals surface area contributed by atoms with Crippen LogP contribution in [0.1, 0.15) is 0 Å². The standard InChI is InChI=1S/C13H13Cl2NO5/c14-9-2-1-8(5-10(9)15)21-7-12(17)16-3-4-20-11(6-16)13(18)19/h1-2,5,11H,3-4,6-7H2,(H,18,19). The summed E-state index contributed by atoms with van der Waals surface area (Å²) in [5.74, 6) is -0.977. The van der Waals surface area contributed by atoms with Gasteiger partial charge in [-0.15, -0.1) is 0 Å². The van der Waals surface area contributed by atoms with Crippen molar-refractivity contribution in [2.75, 3.05) is 26.3 Å². The smallest absolute Gasteiger partial charge is 0.334 e. The molecule has 1 amide bonds. The highest BCUT2D eigenvalue weighted by Gasteiger charge is 2.29. The molecule has 1 unspecified atom stereocenters. The Balaban J connectivity index is 1.89. The summed E-state index contributed by atoms with van der Waals surface area (Å²) in [7, 11) is 0. The zero-order valence-electron chi connectivity index (χ0n) is 10.9. The first kappa shape index (κ1) is 15.9. The van der Waals surface area contributed by atoms with Crippen LogP contribution in [0.3, 0.4) is 0 Å². The third-order valence-corrected chi connectivity index (χ3v) is 3.69. The van der Waals surface area contributed by atoms with Crippen LogP contribution in [0, 0.1) is 0 Å². The lowest BCUT2D eigenvalue weighted by Crippen LogP contribution is -2.49. The molecule has 1 N–H and O–H groups in total. The minimum atomic E-state index is -1.09. The lowest BCUT2D eigenvalue weighted by molar-refractivity contribution is -0.159. The maximum absolute atomic E-state index is 12.0. The number of carboxylic acids is 1. The Hall–Kier alpha value is -1.50. The van der Waals surface area contributed by atoms with Gasteiger partial charge in [-0.05, 0) is 12.1 Å². The molecule has 6 nitrogen and oxygen atoms in total. The number of halogens is 2. The van der Waals surface area contributed by atoms with E-state index in [1.807, 2.05) is 0 Å². The summed E-state index contributed by atoms with van der Waals surface area (Å²) in [6, 6.07) is 4.68. The molecule has 1 aliphatic heterocycles. The minimum Gasteiger partial charge on any atom is -0.484 e. The number of aliphatic carboxylic acids is 1. The Labute approximate surface area is 131 Å². The number of hydrogen-bond donors (Lipinski definition) is 1. The average molecular weight is 334 g/mol. The van der Waals surface area contributed by atoms with Gasteiger partial charge in [0.05, 0.1) is 23.2 Å². The van der Waals surface area contributed by atoms with E-state index in [0.29, 0.717) is 22.3 Å². The van der Waals surface area contributed by atoms with Crippen molar-refractivity contribution in [3.05, 3.63) is 28.2 Å². The molecule has 0 spiro atoms. The summed E-state index contributed by atoms with van der Waals surface area (Å²) in [6.45, 7) is 0.339. The molecule has 1 saturated heterocycles. The van der Waals surface area contributed by atoms with Gasteiger partial charge in [0.15, 0.2) is 12.7 Å². The number of ether oxygens (including phenoxy) is 2. The molecule has 1 heterocycles. The third-order valence-electron chi connectivity index (χ3n) is 2.95. The van der Waals surface area contributed by atoms with Gasteiger partial charge in [-0.25, -0.2) is 4.79 Å². The van der Waals surface area contributed by atoms with Crippen LogP contribution in [0.4, 0.5) is 0 Å². The fourth-order valence-electron chi connectivity index (χ4n) is 1.83. The van der Waals surface area contributed by atoms with Gasteiger partial charge < -0.3 is 19.5 Å². The molecule has 1 atom stereocenters. The van der Waals surface area contributed by atoms with Crippen LogP contribution < -0.4 is 4.74 Å². The number of hydrogen-bond acceptors (Lipinski definition) is 4. The monoisotopic (exact) mass is 333 g/mol. The molecule has 114 valence electrons. The molecule has 1 fully saturated rings. The van der Waals surface area contributed by atoms with Crippen molar-refractivity contribution >= 4 is 35.1 Å². The van der Waals surface area contributed by atoms with Gasteiger partial charge in [-0.1, -0.05) is 23.2 Å². The highest BCUT2D eigenvalue weighted by molar-refractivity contribution is 6.42. The maximum Gasteiger partial charge on any atom is 0.334 e. The third kappa shape index (κ3) is 4.23. The Morgan fingerprint density at radius 3 is 2.81 bits per heavy atom. The van der Waals surface area contributed by atoms with E-state index in [-0.39, 0.29) is 25.7 Å². The van der Waals surface area contributed by atoms with Gasteiger partial charge in [-0.3, -0.25) is 4.79 Å². The number of carbonyl (C=O) groups excluding carboxylic acids is 1. The summed E-state index contributed by atoms with van der Waals surface area (Å²) in [5.41, 5.74) is 0. The van der Waals surface area contributed by atoms with Crippen molar-refractivity contribution < 1.29 is 24.2 Å². The largest absolute Gasteiger partial charge is 0.484 e. The Morgan fingerprint density at radius 2 is 2.14 bits per heavy atom. The molecule has 8 heteroatoms. The summed E-state index contributed by atoms with van der Waals surface area (Å²) < 4.78 is 10.4. The highest BCUT2D eigenvalue weighted by Crippen LogP contribution is 2.26. The topological polar surface area (TPSA) is 76.1 Å². The Kier molecular flexibility index (Phi) is 5.27. The number of nitrogens with zero attached hydrogens (tertiary/aromatic N) is 1. The van der Waals surface area contributed by atoms with Crippen molar-refractivity contribution in [2.45, 2.75) is 6.10 Å². The molecule has 0 aromatic heterocycles. The second-order valence-electron chi connectivity index (χ2n) is 4.40.